The number of benzene rings is 2. The summed E-state index contributed by atoms with van der Waals surface area (Å²) < 4.78 is 27.1. The Bertz CT molecular complexity index is 788. The van der Waals surface area contributed by atoms with Crippen LogP contribution in [0.3, 0.4) is 0 Å². The molecule has 0 aliphatic heterocycles. The van der Waals surface area contributed by atoms with Gasteiger partial charge in [-0.3, -0.25) is 4.72 Å². The molecule has 1 fully saturated rings. The minimum absolute atomic E-state index is 0.0714. The molecule has 22 heavy (non-hydrogen) atoms. The molecule has 116 valence electrons. The van der Waals surface area contributed by atoms with Crippen molar-refractivity contribution < 1.29 is 8.42 Å². The molecule has 0 saturated heterocycles. The van der Waals surface area contributed by atoms with Crippen molar-refractivity contribution in [3.8, 4) is 0 Å². The van der Waals surface area contributed by atoms with E-state index in [1.54, 1.807) is 12.1 Å². The van der Waals surface area contributed by atoms with E-state index in [-0.39, 0.29) is 9.92 Å². The van der Waals surface area contributed by atoms with Gasteiger partial charge in [-0.05, 0) is 55.3 Å². The Morgan fingerprint density at radius 1 is 0.909 bits per heavy atom. The lowest BCUT2D eigenvalue weighted by atomic mass is 10.3. The topological polar surface area (TPSA) is 58.2 Å². The van der Waals surface area contributed by atoms with Crippen LogP contribution in [-0.4, -0.2) is 14.5 Å². The van der Waals surface area contributed by atoms with Gasteiger partial charge in [0.25, 0.3) is 10.0 Å². The van der Waals surface area contributed by atoms with E-state index in [2.05, 4.69) is 10.0 Å². The zero-order valence-electron chi connectivity index (χ0n) is 11.5. The van der Waals surface area contributed by atoms with Gasteiger partial charge in [-0.15, -0.1) is 0 Å². The van der Waals surface area contributed by atoms with E-state index in [1.165, 1.54) is 31.0 Å². The van der Waals surface area contributed by atoms with Crippen LogP contribution in [0.15, 0.2) is 47.4 Å². The molecule has 0 atom stereocenters. The second-order valence-corrected chi connectivity index (χ2v) is 7.67. The van der Waals surface area contributed by atoms with Gasteiger partial charge < -0.3 is 5.32 Å². The van der Waals surface area contributed by atoms with E-state index in [0.717, 1.165) is 5.69 Å². The molecule has 7 heteroatoms. The maximum absolute atomic E-state index is 12.3. The van der Waals surface area contributed by atoms with Crippen molar-refractivity contribution in [3.63, 3.8) is 0 Å². The first-order valence-corrected chi connectivity index (χ1v) is 9.02. The maximum Gasteiger partial charge on any atom is 0.261 e. The lowest BCUT2D eigenvalue weighted by Crippen LogP contribution is -2.13. The van der Waals surface area contributed by atoms with Crippen LogP contribution in [0, 0.1) is 0 Å². The summed E-state index contributed by atoms with van der Waals surface area (Å²) in [5, 5.41) is 3.86. The zero-order chi connectivity index (χ0) is 15.7. The molecule has 1 aliphatic rings. The highest BCUT2D eigenvalue weighted by Crippen LogP contribution is 2.27. The number of anilines is 2. The monoisotopic (exact) mass is 356 g/mol. The number of sulfonamides is 1. The van der Waals surface area contributed by atoms with Gasteiger partial charge in [0.2, 0.25) is 0 Å². The first kappa shape index (κ1) is 15.5. The SMILES string of the molecule is O=S(=O)(Nc1ccc(NC2CC2)cc1)c1ccc(Cl)c(Cl)c1. The Morgan fingerprint density at radius 3 is 2.14 bits per heavy atom. The first-order chi connectivity index (χ1) is 10.4. The quantitative estimate of drug-likeness (QED) is 0.836. The van der Waals surface area contributed by atoms with Crippen LogP contribution < -0.4 is 10.0 Å². The van der Waals surface area contributed by atoms with Crippen molar-refractivity contribution in [2.24, 2.45) is 0 Å². The van der Waals surface area contributed by atoms with Gasteiger partial charge in [-0.25, -0.2) is 8.42 Å². The van der Waals surface area contributed by atoms with Gasteiger partial charge in [0, 0.05) is 17.4 Å². The minimum Gasteiger partial charge on any atom is -0.382 e. The van der Waals surface area contributed by atoms with E-state index in [9.17, 15) is 8.42 Å². The third-order valence-corrected chi connectivity index (χ3v) is 5.40. The number of nitrogens with one attached hydrogen (secondary N) is 2. The average Bonchev–Trinajstić information content (AvgIpc) is 3.27. The van der Waals surface area contributed by atoms with Crippen molar-refractivity contribution in [1.82, 2.24) is 0 Å². The molecule has 0 heterocycles. The van der Waals surface area contributed by atoms with Crippen molar-refractivity contribution >= 4 is 44.6 Å². The van der Waals surface area contributed by atoms with Crippen molar-refractivity contribution in [2.75, 3.05) is 10.0 Å². The number of halogens is 2. The average molecular weight is 357 g/mol. The highest BCUT2D eigenvalue weighted by molar-refractivity contribution is 7.92. The molecule has 4 nitrogen and oxygen atoms in total. The summed E-state index contributed by atoms with van der Waals surface area (Å²) in [4.78, 5) is 0.0714. The molecule has 0 radical (unpaired) electrons. The molecule has 2 N–H and O–H groups in total. The highest BCUT2D eigenvalue weighted by Gasteiger charge is 2.20. The molecule has 2 aromatic rings. The molecule has 1 saturated carbocycles. The zero-order valence-corrected chi connectivity index (χ0v) is 13.8. The van der Waals surface area contributed by atoms with Gasteiger partial charge in [-0.2, -0.15) is 0 Å². The van der Waals surface area contributed by atoms with Crippen LogP contribution >= 0.6 is 23.2 Å². The molecule has 2 aromatic carbocycles. The van der Waals surface area contributed by atoms with E-state index in [1.807, 2.05) is 12.1 Å². The van der Waals surface area contributed by atoms with Crippen molar-refractivity contribution in [1.29, 1.82) is 0 Å². The number of hydrogen-bond acceptors (Lipinski definition) is 3. The molecule has 0 unspecified atom stereocenters. The highest BCUT2D eigenvalue weighted by atomic mass is 35.5. The molecular weight excluding hydrogens is 343 g/mol. The molecule has 0 bridgehead atoms. The number of rotatable bonds is 5. The lowest BCUT2D eigenvalue weighted by molar-refractivity contribution is 0.601. The second kappa shape index (κ2) is 5.99. The summed E-state index contributed by atoms with van der Waals surface area (Å²) in [7, 11) is -3.69. The summed E-state index contributed by atoms with van der Waals surface area (Å²) in [5.41, 5.74) is 1.48. The Hall–Kier alpha value is -1.43. The van der Waals surface area contributed by atoms with Crippen LogP contribution in [0.2, 0.25) is 10.0 Å². The minimum atomic E-state index is -3.69. The van der Waals surface area contributed by atoms with Crippen LogP contribution in [0.25, 0.3) is 0 Å². The maximum atomic E-state index is 12.3. The summed E-state index contributed by atoms with van der Waals surface area (Å²) in [5.74, 6) is 0. The lowest BCUT2D eigenvalue weighted by Gasteiger charge is -2.10. The van der Waals surface area contributed by atoms with Crippen LogP contribution in [0.4, 0.5) is 11.4 Å². The largest absolute Gasteiger partial charge is 0.382 e. The normalized spacial score (nSPS) is 14.6. The fourth-order valence-electron chi connectivity index (χ4n) is 1.96. The van der Waals surface area contributed by atoms with Crippen LogP contribution in [0.5, 0.6) is 0 Å². The first-order valence-electron chi connectivity index (χ1n) is 6.78. The van der Waals surface area contributed by atoms with Crippen LogP contribution in [0.1, 0.15) is 12.8 Å². The van der Waals surface area contributed by atoms with E-state index < -0.39 is 10.0 Å². The standard InChI is InChI=1S/C15H14Cl2N2O2S/c16-14-8-7-13(9-15(14)17)22(20,21)19-12-5-3-11(4-6-12)18-10-1-2-10/h3-10,18-19H,1-2H2. The van der Waals surface area contributed by atoms with Gasteiger partial charge >= 0.3 is 0 Å². The Labute approximate surface area is 139 Å². The second-order valence-electron chi connectivity index (χ2n) is 5.18. The fraction of sp³-hybridized carbons (Fsp3) is 0.200. The third kappa shape index (κ3) is 3.66. The summed E-state index contributed by atoms with van der Waals surface area (Å²) in [6, 6.07) is 11.9. The number of hydrogen-bond donors (Lipinski definition) is 2. The Balaban J connectivity index is 1.76. The summed E-state index contributed by atoms with van der Waals surface area (Å²) in [6.07, 6.45) is 2.37. The van der Waals surface area contributed by atoms with E-state index in [0.29, 0.717) is 16.8 Å². The van der Waals surface area contributed by atoms with Crippen molar-refractivity contribution in [3.05, 3.63) is 52.5 Å². The molecule has 0 amide bonds. The predicted octanol–water partition coefficient (Wildman–Crippen LogP) is 4.37. The Morgan fingerprint density at radius 2 is 1.55 bits per heavy atom. The smallest absolute Gasteiger partial charge is 0.261 e. The van der Waals surface area contributed by atoms with Crippen LogP contribution in [-0.2, 0) is 10.0 Å². The Kier molecular flexibility index (Phi) is 4.21. The van der Waals surface area contributed by atoms with Gasteiger partial charge in [-0.1, -0.05) is 23.2 Å². The molecule has 0 aromatic heterocycles. The molecular formula is C15H14Cl2N2O2S. The van der Waals surface area contributed by atoms with Crippen molar-refractivity contribution in [2.45, 2.75) is 23.8 Å². The molecule has 3 rings (SSSR count). The molecule has 1 aliphatic carbocycles. The van der Waals surface area contributed by atoms with E-state index in [4.69, 9.17) is 23.2 Å². The van der Waals surface area contributed by atoms with E-state index >= 15 is 0 Å². The predicted molar refractivity (Wildman–Crippen MR) is 90.4 cm³/mol. The fourth-order valence-corrected chi connectivity index (χ4v) is 3.40. The third-order valence-electron chi connectivity index (χ3n) is 3.29. The van der Waals surface area contributed by atoms with Gasteiger partial charge in [0.15, 0.2) is 0 Å². The summed E-state index contributed by atoms with van der Waals surface area (Å²) >= 11 is 11.7. The van der Waals surface area contributed by atoms with Gasteiger partial charge in [0.1, 0.15) is 0 Å². The summed E-state index contributed by atoms with van der Waals surface area (Å²) in [6.45, 7) is 0. The van der Waals surface area contributed by atoms with Gasteiger partial charge in [0.05, 0.1) is 14.9 Å². The molecule has 0 spiro atoms.